The van der Waals surface area contributed by atoms with Gasteiger partial charge in [-0.15, -0.1) is 0 Å². The highest BCUT2D eigenvalue weighted by molar-refractivity contribution is 5.27. The summed E-state index contributed by atoms with van der Waals surface area (Å²) in [6.07, 6.45) is -0.0911. The molecule has 4 rings (SSSR count). The van der Waals surface area contributed by atoms with Crippen molar-refractivity contribution in [2.24, 2.45) is 0 Å². The fourth-order valence-corrected chi connectivity index (χ4v) is 3.87. The van der Waals surface area contributed by atoms with Crippen molar-refractivity contribution in [3.05, 3.63) is 43.0 Å². The van der Waals surface area contributed by atoms with Crippen LogP contribution < -0.4 is 4.74 Å². The first-order chi connectivity index (χ1) is 12.2. The Morgan fingerprint density at radius 1 is 1.00 bits per heavy atom. The molecule has 0 radical (unpaired) electrons. The van der Waals surface area contributed by atoms with E-state index in [1.165, 1.54) is 0 Å². The molecular formula is C20H26O6. The second kappa shape index (κ2) is 6.04. The summed E-state index contributed by atoms with van der Waals surface area (Å²) in [6.45, 7) is 11.9. The maximum Gasteiger partial charge on any atom is 0.192 e. The number of fused-ring (bicyclic) bond motifs is 1. The van der Waals surface area contributed by atoms with Crippen molar-refractivity contribution < 1.29 is 28.4 Å². The Morgan fingerprint density at radius 3 is 2.35 bits per heavy atom. The predicted molar refractivity (Wildman–Crippen MR) is 93.6 cm³/mol. The fourth-order valence-electron chi connectivity index (χ4n) is 3.87. The highest BCUT2D eigenvalue weighted by Gasteiger charge is 2.67. The van der Waals surface area contributed by atoms with Gasteiger partial charge in [0.1, 0.15) is 18.0 Å². The highest BCUT2D eigenvalue weighted by Crippen LogP contribution is 2.48. The zero-order valence-corrected chi connectivity index (χ0v) is 15.6. The van der Waals surface area contributed by atoms with E-state index >= 15 is 0 Å². The van der Waals surface area contributed by atoms with Crippen molar-refractivity contribution in [3.8, 4) is 5.75 Å². The molecule has 0 spiro atoms. The van der Waals surface area contributed by atoms with Gasteiger partial charge in [0.15, 0.2) is 29.6 Å². The number of hydrogen-bond acceptors (Lipinski definition) is 6. The first kappa shape index (κ1) is 17.9. The first-order valence-electron chi connectivity index (χ1n) is 8.95. The SMILES string of the molecule is C=C[C@@]1(Oc2ccccc2)[C@@H]([C@H]2COC(C)(C)O2)O[C@@H]2OC(C)(C)O[C@@H]21. The number of rotatable bonds is 4. The fraction of sp³-hybridized carbons (Fsp3) is 0.600. The Labute approximate surface area is 154 Å². The van der Waals surface area contributed by atoms with Crippen molar-refractivity contribution >= 4 is 0 Å². The lowest BCUT2D eigenvalue weighted by atomic mass is 9.88. The van der Waals surface area contributed by atoms with Crippen LogP contribution in [0.4, 0.5) is 0 Å². The third-order valence-corrected chi connectivity index (χ3v) is 4.95. The third-order valence-electron chi connectivity index (χ3n) is 4.95. The van der Waals surface area contributed by atoms with Crippen LogP contribution in [0.3, 0.4) is 0 Å². The van der Waals surface area contributed by atoms with Crippen molar-refractivity contribution in [3.63, 3.8) is 0 Å². The molecule has 142 valence electrons. The van der Waals surface area contributed by atoms with Gasteiger partial charge >= 0.3 is 0 Å². The standard InChI is InChI=1S/C20H26O6/c1-6-20(23-13-10-8-7-9-11-13)15(14-12-21-18(2,3)24-14)22-17-16(20)25-19(4,5)26-17/h6-11,14-17H,1,12H2,2-5H3/t14-,15-,16+,17-,20-/m1/s1. The Kier molecular flexibility index (Phi) is 4.17. The Morgan fingerprint density at radius 2 is 1.73 bits per heavy atom. The Balaban J connectivity index is 1.70. The highest BCUT2D eigenvalue weighted by atomic mass is 16.9. The quantitative estimate of drug-likeness (QED) is 0.768. The number of benzene rings is 1. The largest absolute Gasteiger partial charge is 0.477 e. The second-order valence-corrected chi connectivity index (χ2v) is 7.82. The van der Waals surface area contributed by atoms with E-state index in [2.05, 4.69) is 6.58 Å². The van der Waals surface area contributed by atoms with Gasteiger partial charge in [-0.2, -0.15) is 0 Å². The van der Waals surface area contributed by atoms with Gasteiger partial charge in [0.05, 0.1) is 6.61 Å². The minimum Gasteiger partial charge on any atom is -0.477 e. The summed E-state index contributed by atoms with van der Waals surface area (Å²) < 4.78 is 36.6. The summed E-state index contributed by atoms with van der Waals surface area (Å²) in [7, 11) is 0. The maximum atomic E-state index is 6.43. The van der Waals surface area contributed by atoms with Crippen molar-refractivity contribution in [1.29, 1.82) is 0 Å². The summed E-state index contributed by atoms with van der Waals surface area (Å²) in [5, 5.41) is 0. The van der Waals surface area contributed by atoms with E-state index in [1.54, 1.807) is 6.08 Å². The van der Waals surface area contributed by atoms with Crippen LogP contribution in [0.5, 0.6) is 5.75 Å². The lowest BCUT2D eigenvalue weighted by Gasteiger charge is -2.38. The first-order valence-corrected chi connectivity index (χ1v) is 8.95. The molecule has 6 heteroatoms. The molecule has 3 fully saturated rings. The van der Waals surface area contributed by atoms with E-state index < -0.39 is 35.7 Å². The third kappa shape index (κ3) is 2.96. The molecule has 3 saturated heterocycles. The molecule has 0 aliphatic carbocycles. The van der Waals surface area contributed by atoms with Crippen LogP contribution in [0.15, 0.2) is 43.0 Å². The molecule has 3 aliphatic heterocycles. The maximum absolute atomic E-state index is 6.43. The summed E-state index contributed by atoms with van der Waals surface area (Å²) in [6, 6.07) is 9.57. The minimum absolute atomic E-state index is 0.326. The molecule has 0 aromatic heterocycles. The lowest BCUT2D eigenvalue weighted by molar-refractivity contribution is -0.238. The number of ether oxygens (including phenoxy) is 6. The second-order valence-electron chi connectivity index (χ2n) is 7.82. The van der Waals surface area contributed by atoms with E-state index in [-0.39, 0.29) is 6.10 Å². The zero-order valence-electron chi connectivity index (χ0n) is 15.6. The van der Waals surface area contributed by atoms with Gasteiger partial charge < -0.3 is 28.4 Å². The van der Waals surface area contributed by atoms with E-state index in [0.717, 1.165) is 0 Å². The van der Waals surface area contributed by atoms with Crippen LogP contribution in [0.2, 0.25) is 0 Å². The smallest absolute Gasteiger partial charge is 0.192 e. The molecule has 0 amide bonds. The van der Waals surface area contributed by atoms with Gasteiger partial charge in [-0.3, -0.25) is 0 Å². The van der Waals surface area contributed by atoms with Crippen molar-refractivity contribution in [2.75, 3.05) is 6.61 Å². The van der Waals surface area contributed by atoms with E-state index in [0.29, 0.717) is 12.4 Å². The molecule has 3 aliphatic rings. The van der Waals surface area contributed by atoms with Gasteiger partial charge in [-0.1, -0.05) is 24.8 Å². The van der Waals surface area contributed by atoms with E-state index in [1.807, 2.05) is 58.0 Å². The molecule has 1 aromatic carbocycles. The van der Waals surface area contributed by atoms with E-state index in [4.69, 9.17) is 28.4 Å². The summed E-state index contributed by atoms with van der Waals surface area (Å²) in [5.41, 5.74) is -0.964. The van der Waals surface area contributed by atoms with Gasteiger partial charge in [0.2, 0.25) is 0 Å². The topological polar surface area (TPSA) is 55.4 Å². The molecule has 26 heavy (non-hydrogen) atoms. The molecule has 1 aromatic rings. The molecule has 5 atom stereocenters. The molecule has 0 bridgehead atoms. The van der Waals surface area contributed by atoms with Crippen molar-refractivity contribution in [1.82, 2.24) is 0 Å². The lowest BCUT2D eigenvalue weighted by Crippen LogP contribution is -2.56. The molecule has 3 heterocycles. The molecule has 0 N–H and O–H groups in total. The molecule has 6 nitrogen and oxygen atoms in total. The summed E-state index contributed by atoms with van der Waals surface area (Å²) >= 11 is 0. The number of hydrogen-bond donors (Lipinski definition) is 0. The predicted octanol–water partition coefficient (Wildman–Crippen LogP) is 3.02. The van der Waals surface area contributed by atoms with Gasteiger partial charge in [0.25, 0.3) is 0 Å². The number of para-hydroxylation sites is 1. The van der Waals surface area contributed by atoms with Crippen LogP contribution >= 0.6 is 0 Å². The van der Waals surface area contributed by atoms with Crippen LogP contribution in [0.1, 0.15) is 27.7 Å². The van der Waals surface area contributed by atoms with Crippen LogP contribution in [-0.4, -0.2) is 48.4 Å². The van der Waals surface area contributed by atoms with Gasteiger partial charge in [0, 0.05) is 0 Å². The van der Waals surface area contributed by atoms with Gasteiger partial charge in [-0.25, -0.2) is 0 Å². The Bertz CT molecular complexity index is 672. The van der Waals surface area contributed by atoms with Gasteiger partial charge in [-0.05, 0) is 45.9 Å². The van der Waals surface area contributed by atoms with Crippen LogP contribution in [0.25, 0.3) is 0 Å². The molecule has 0 unspecified atom stereocenters. The normalized spacial score (nSPS) is 40.3. The van der Waals surface area contributed by atoms with E-state index in [9.17, 15) is 0 Å². The minimum atomic E-state index is -0.964. The van der Waals surface area contributed by atoms with Crippen LogP contribution in [-0.2, 0) is 23.7 Å². The van der Waals surface area contributed by atoms with Crippen molar-refractivity contribution in [2.45, 2.75) is 69.5 Å². The summed E-state index contributed by atoms with van der Waals surface area (Å²) in [5.74, 6) is -0.735. The molecule has 0 saturated carbocycles. The molecular weight excluding hydrogens is 336 g/mol. The monoisotopic (exact) mass is 362 g/mol. The zero-order chi connectivity index (χ0) is 18.6. The average Bonchev–Trinajstić information content (AvgIpc) is 3.18. The summed E-state index contributed by atoms with van der Waals surface area (Å²) in [4.78, 5) is 0. The average molecular weight is 362 g/mol. The Hall–Kier alpha value is -1.44. The van der Waals surface area contributed by atoms with Crippen LogP contribution in [0, 0.1) is 0 Å².